The van der Waals surface area contributed by atoms with Gasteiger partial charge in [0.2, 0.25) is 5.75 Å². The summed E-state index contributed by atoms with van der Waals surface area (Å²) in [5.41, 5.74) is 1.47. The minimum atomic E-state index is -0.550. The molecular weight excluding hydrogens is 510 g/mol. The maximum atomic E-state index is 13.5. The summed E-state index contributed by atoms with van der Waals surface area (Å²) >= 11 is 0. The number of aromatic hydroxyl groups is 2. The number of ether oxygens (including phenoxy) is 2. The predicted molar refractivity (Wildman–Crippen MR) is 149 cm³/mol. The number of hydrogen-bond acceptors (Lipinski definition) is 9. The van der Waals surface area contributed by atoms with Crippen LogP contribution in [0.15, 0.2) is 40.9 Å². The molecule has 3 aliphatic rings. The lowest BCUT2D eigenvalue weighted by Crippen LogP contribution is -2.46. The third-order valence-electron chi connectivity index (χ3n) is 7.68. The number of carbonyl (C=O) groups is 2. The van der Waals surface area contributed by atoms with E-state index in [-0.39, 0.29) is 59.1 Å². The highest BCUT2D eigenvalue weighted by atomic mass is 33.1. The van der Waals surface area contributed by atoms with Crippen LogP contribution in [0.2, 0.25) is 0 Å². The summed E-state index contributed by atoms with van der Waals surface area (Å²) in [6.07, 6.45) is 10.3. The first kappa shape index (κ1) is 27.6. The van der Waals surface area contributed by atoms with Crippen LogP contribution in [0.3, 0.4) is 0 Å². The largest absolute Gasteiger partial charge is 0.504 e. The molecule has 37 heavy (non-hydrogen) atoms. The van der Waals surface area contributed by atoms with E-state index in [1.165, 1.54) is 20.1 Å². The van der Waals surface area contributed by atoms with Gasteiger partial charge < -0.3 is 19.7 Å². The molecule has 0 bridgehead atoms. The highest BCUT2D eigenvalue weighted by Gasteiger charge is 2.48. The third kappa shape index (κ3) is 6.03. The Balaban J connectivity index is 1.72. The van der Waals surface area contributed by atoms with Gasteiger partial charge in [0, 0.05) is 54.7 Å². The molecule has 5 atom stereocenters. The second kappa shape index (κ2) is 12.0. The molecule has 1 fully saturated rings. The normalized spacial score (nSPS) is 30.2. The van der Waals surface area contributed by atoms with E-state index in [1.54, 1.807) is 27.7 Å². The molecule has 0 amide bonds. The topological polar surface area (TPSA) is 105 Å². The average Bonchev–Trinajstić information content (AvgIpc) is 3.41. The summed E-state index contributed by atoms with van der Waals surface area (Å²) in [4.78, 5) is 30.3. The fourth-order valence-electron chi connectivity index (χ4n) is 5.66. The number of nitrogens with zero attached hydrogens (tertiary/aromatic N) is 1. The van der Waals surface area contributed by atoms with Crippen molar-refractivity contribution in [3.05, 3.63) is 41.5 Å². The van der Waals surface area contributed by atoms with Gasteiger partial charge in [0.25, 0.3) is 0 Å². The number of carbonyl (C=O) groups excluding carboxylic acids is 2. The average molecular weight is 546 g/mol. The first-order valence-electron chi connectivity index (χ1n) is 12.7. The van der Waals surface area contributed by atoms with Crippen LogP contribution in [0, 0.1) is 17.3 Å². The zero-order valence-electron chi connectivity index (χ0n) is 21.5. The number of hydrogen-bond donors (Lipinski definition) is 2. The molecule has 9 heteroatoms. The number of aliphatic imine (C=N–C) groups is 1. The van der Waals surface area contributed by atoms with Crippen LogP contribution < -0.4 is 4.74 Å². The number of methoxy groups -OCH3 is 1. The zero-order chi connectivity index (χ0) is 26.6. The van der Waals surface area contributed by atoms with Crippen LogP contribution in [0.25, 0.3) is 0 Å². The first-order valence-corrected chi connectivity index (χ1v) is 15.2. The summed E-state index contributed by atoms with van der Waals surface area (Å²) in [5.74, 6) is 0.687. The summed E-state index contributed by atoms with van der Waals surface area (Å²) in [6.45, 7) is 4.20. The third-order valence-corrected chi connectivity index (χ3v) is 10.2. The molecule has 1 aromatic rings. The molecular formula is C28H35NO6S2. The molecule has 2 N–H and O–H groups in total. The van der Waals surface area contributed by atoms with Gasteiger partial charge in [-0.25, -0.2) is 0 Å². The molecule has 200 valence electrons. The standard InChI is InChI=1S/C28H35NO6S2/c1-4-18-5-7-28(21-6-8-29-14-21)16-37-36-15-20(19-11-24(32)27(33)26(12-19)34-3)10-22(31)13-25(23(28)9-18)35-17(2)30/h5-7,11-12,14,18,20,23,25,32-33H,4,8-10,13,15-16H2,1-3H3/t18-,20+,23-,25-,28-/m0/s1. The van der Waals surface area contributed by atoms with Crippen molar-refractivity contribution in [2.45, 2.75) is 51.6 Å². The Morgan fingerprint density at radius 3 is 2.73 bits per heavy atom. The van der Waals surface area contributed by atoms with E-state index in [0.717, 1.165) is 29.7 Å². The number of phenolic OH excluding ortho intramolecular Hbond substituents is 2. The number of phenols is 2. The summed E-state index contributed by atoms with van der Waals surface area (Å²) in [7, 11) is 4.86. The lowest BCUT2D eigenvalue weighted by molar-refractivity contribution is -0.153. The maximum Gasteiger partial charge on any atom is 0.302 e. The van der Waals surface area contributed by atoms with Gasteiger partial charge in [-0.3, -0.25) is 14.6 Å². The van der Waals surface area contributed by atoms with Gasteiger partial charge in [0.05, 0.1) is 13.7 Å². The summed E-state index contributed by atoms with van der Waals surface area (Å²) in [5, 5.41) is 20.3. The van der Waals surface area contributed by atoms with E-state index in [1.807, 2.05) is 6.21 Å². The van der Waals surface area contributed by atoms with Crippen molar-refractivity contribution in [1.29, 1.82) is 0 Å². The van der Waals surface area contributed by atoms with Crippen molar-refractivity contribution < 1.29 is 29.3 Å². The highest BCUT2D eigenvalue weighted by molar-refractivity contribution is 8.76. The lowest BCUT2D eigenvalue weighted by Gasteiger charge is -2.46. The van der Waals surface area contributed by atoms with E-state index in [4.69, 9.17) is 9.47 Å². The Hall–Kier alpha value is -2.39. The smallest absolute Gasteiger partial charge is 0.302 e. The van der Waals surface area contributed by atoms with E-state index in [2.05, 4.69) is 30.1 Å². The minimum absolute atomic E-state index is 0.000789. The second-order valence-corrected chi connectivity index (χ2v) is 12.5. The molecule has 0 spiro atoms. The Kier molecular flexibility index (Phi) is 8.95. The predicted octanol–water partition coefficient (Wildman–Crippen LogP) is 5.47. The molecule has 2 heterocycles. The van der Waals surface area contributed by atoms with Crippen LogP contribution in [0.4, 0.5) is 0 Å². The Morgan fingerprint density at radius 1 is 1.24 bits per heavy atom. The molecule has 0 unspecified atom stereocenters. The SMILES string of the molecule is CC[C@H]1C=C[C@@]2(C3=CCN=C3)CSSC[C@H](c3cc(O)c(O)c(OC)c3)CC(=O)C[C@H](OC(C)=O)[C@@H]2C1. The fraction of sp³-hybridized carbons (Fsp3) is 0.536. The monoisotopic (exact) mass is 545 g/mol. The maximum absolute atomic E-state index is 13.5. The highest BCUT2D eigenvalue weighted by Crippen LogP contribution is 2.52. The second-order valence-electron chi connectivity index (χ2n) is 9.99. The van der Waals surface area contributed by atoms with Crippen LogP contribution in [-0.2, 0) is 14.3 Å². The van der Waals surface area contributed by atoms with E-state index in [0.29, 0.717) is 18.2 Å². The molecule has 0 radical (unpaired) electrons. The van der Waals surface area contributed by atoms with Gasteiger partial charge in [-0.15, -0.1) is 0 Å². The van der Waals surface area contributed by atoms with Crippen molar-refractivity contribution >= 4 is 39.6 Å². The van der Waals surface area contributed by atoms with Crippen molar-refractivity contribution in [1.82, 2.24) is 0 Å². The summed E-state index contributed by atoms with van der Waals surface area (Å²) < 4.78 is 11.1. The van der Waals surface area contributed by atoms with E-state index < -0.39 is 6.10 Å². The van der Waals surface area contributed by atoms with Gasteiger partial charge in [0.15, 0.2) is 11.5 Å². The number of allylic oxidation sites excluding steroid dienone is 3. The van der Waals surface area contributed by atoms with Crippen LogP contribution in [0.1, 0.15) is 51.0 Å². The Morgan fingerprint density at radius 2 is 2.05 bits per heavy atom. The number of rotatable bonds is 5. The van der Waals surface area contributed by atoms with Gasteiger partial charge >= 0.3 is 5.97 Å². The molecule has 0 saturated carbocycles. The van der Waals surface area contributed by atoms with Gasteiger partial charge in [-0.1, -0.05) is 46.7 Å². The number of Topliss-reactive ketones (excluding diaryl/α,β-unsaturated/α-hetero) is 1. The number of esters is 1. The number of ketones is 1. The van der Waals surface area contributed by atoms with Crippen LogP contribution in [-0.4, -0.2) is 59.4 Å². The molecule has 1 aromatic carbocycles. The number of benzene rings is 1. The van der Waals surface area contributed by atoms with Gasteiger partial charge in [-0.2, -0.15) is 0 Å². The van der Waals surface area contributed by atoms with Crippen molar-refractivity contribution in [3.8, 4) is 17.2 Å². The van der Waals surface area contributed by atoms with Crippen molar-refractivity contribution in [2.75, 3.05) is 25.2 Å². The van der Waals surface area contributed by atoms with Crippen molar-refractivity contribution in [2.24, 2.45) is 22.2 Å². The van der Waals surface area contributed by atoms with E-state index >= 15 is 0 Å². The first-order chi connectivity index (χ1) is 17.8. The molecule has 7 nitrogen and oxygen atoms in total. The molecule has 4 rings (SSSR count). The van der Waals surface area contributed by atoms with Crippen molar-refractivity contribution in [3.63, 3.8) is 0 Å². The van der Waals surface area contributed by atoms with Gasteiger partial charge in [0.1, 0.15) is 11.9 Å². The van der Waals surface area contributed by atoms with Gasteiger partial charge in [-0.05, 0) is 42.0 Å². The summed E-state index contributed by atoms with van der Waals surface area (Å²) in [6, 6.07) is 3.18. The molecule has 1 aliphatic carbocycles. The van der Waals surface area contributed by atoms with Crippen LogP contribution >= 0.6 is 21.6 Å². The molecule has 2 aliphatic heterocycles. The Labute approximate surface area is 226 Å². The Bertz CT molecular complexity index is 1120. The van der Waals surface area contributed by atoms with E-state index in [9.17, 15) is 19.8 Å². The quantitative estimate of drug-likeness (QED) is 0.217. The minimum Gasteiger partial charge on any atom is -0.504 e. The number of fused-ring (bicyclic) bond motifs is 1. The fourth-order valence-corrected chi connectivity index (χ4v) is 8.60. The zero-order valence-corrected chi connectivity index (χ0v) is 23.1. The van der Waals surface area contributed by atoms with Crippen LogP contribution in [0.5, 0.6) is 17.2 Å². The molecule has 0 aromatic heterocycles. The lowest BCUT2D eigenvalue weighted by atomic mass is 9.61. The molecule has 1 saturated heterocycles.